The molecule has 0 radical (unpaired) electrons. The molecule has 8 heteroatoms. The first-order chi connectivity index (χ1) is 11.8. The molecule has 8 nitrogen and oxygen atoms in total. The zero-order valence-electron chi connectivity index (χ0n) is 14.3. The number of hydrogen-bond donors (Lipinski definition) is 3. The van der Waals surface area contributed by atoms with E-state index in [9.17, 15) is 24.8 Å². The fourth-order valence-corrected chi connectivity index (χ4v) is 2.55. The van der Waals surface area contributed by atoms with Crippen molar-refractivity contribution in [2.24, 2.45) is 11.8 Å². The van der Waals surface area contributed by atoms with Crippen LogP contribution in [0.3, 0.4) is 0 Å². The maximum absolute atomic E-state index is 12.2. The van der Waals surface area contributed by atoms with E-state index in [0.29, 0.717) is 12.1 Å². The van der Waals surface area contributed by atoms with E-state index in [1.54, 1.807) is 0 Å². The number of carbonyl (C=O) groups is 2. The minimum absolute atomic E-state index is 0.0117. The molecule has 1 aliphatic rings. The van der Waals surface area contributed by atoms with Crippen LogP contribution in [0.4, 0.5) is 11.4 Å². The van der Waals surface area contributed by atoms with Crippen molar-refractivity contribution >= 4 is 23.3 Å². The number of aliphatic carboxylic acids is 1. The van der Waals surface area contributed by atoms with Crippen LogP contribution < -0.4 is 10.6 Å². The number of nitrogens with zero attached hydrogens (tertiary/aromatic N) is 1. The fourth-order valence-electron chi connectivity index (χ4n) is 2.55. The Kier molecular flexibility index (Phi) is 5.95. The molecule has 0 aromatic heterocycles. The number of carbonyl (C=O) groups excluding carboxylic acids is 1. The van der Waals surface area contributed by atoms with E-state index in [2.05, 4.69) is 10.6 Å². The van der Waals surface area contributed by atoms with Gasteiger partial charge in [-0.15, -0.1) is 0 Å². The molecule has 0 heterocycles. The van der Waals surface area contributed by atoms with Crippen LogP contribution in [0.15, 0.2) is 18.2 Å². The van der Waals surface area contributed by atoms with Crippen molar-refractivity contribution in [3.63, 3.8) is 0 Å². The zero-order valence-corrected chi connectivity index (χ0v) is 14.3. The van der Waals surface area contributed by atoms with Crippen LogP contribution in [-0.4, -0.2) is 34.5 Å². The highest BCUT2D eigenvalue weighted by Crippen LogP contribution is 2.31. The molecule has 136 valence electrons. The molecular formula is C17H23N3O5. The predicted molar refractivity (Wildman–Crippen MR) is 92.7 cm³/mol. The predicted octanol–water partition coefficient (Wildman–Crippen LogP) is 2.65. The number of nitro groups is 1. The molecule has 1 unspecified atom stereocenters. The number of rotatable bonds is 9. The molecule has 1 atom stereocenters. The van der Waals surface area contributed by atoms with Gasteiger partial charge in [0.2, 0.25) is 0 Å². The monoisotopic (exact) mass is 349 g/mol. The summed E-state index contributed by atoms with van der Waals surface area (Å²) in [5, 5.41) is 26.1. The van der Waals surface area contributed by atoms with Crippen LogP contribution in [0.1, 0.15) is 43.5 Å². The van der Waals surface area contributed by atoms with Crippen molar-refractivity contribution in [1.29, 1.82) is 0 Å². The highest BCUT2D eigenvalue weighted by Gasteiger charge is 2.26. The number of amides is 1. The van der Waals surface area contributed by atoms with Crippen LogP contribution in [0.5, 0.6) is 0 Å². The van der Waals surface area contributed by atoms with Gasteiger partial charge in [-0.05, 0) is 37.3 Å². The van der Waals surface area contributed by atoms with Gasteiger partial charge in [0.15, 0.2) is 0 Å². The third-order valence-corrected chi connectivity index (χ3v) is 4.01. The van der Waals surface area contributed by atoms with Crippen molar-refractivity contribution in [2.75, 3.05) is 11.9 Å². The maximum atomic E-state index is 12.2. The largest absolute Gasteiger partial charge is 0.481 e. The van der Waals surface area contributed by atoms with E-state index in [4.69, 9.17) is 0 Å². The topological polar surface area (TPSA) is 122 Å². The van der Waals surface area contributed by atoms with Crippen molar-refractivity contribution in [2.45, 2.75) is 39.2 Å². The SMILES string of the molecule is CC(C)CC(CNC(=O)c1ccc(NC2CC2)c([N+](=O)[O-])c1)C(=O)O. The lowest BCUT2D eigenvalue weighted by molar-refractivity contribution is -0.384. The quantitative estimate of drug-likeness (QED) is 0.465. The van der Waals surface area contributed by atoms with Gasteiger partial charge in [-0.2, -0.15) is 0 Å². The second-order valence-electron chi connectivity index (χ2n) is 6.78. The molecule has 25 heavy (non-hydrogen) atoms. The van der Waals surface area contributed by atoms with Gasteiger partial charge in [-0.1, -0.05) is 13.8 Å². The summed E-state index contributed by atoms with van der Waals surface area (Å²) in [4.78, 5) is 34.2. The highest BCUT2D eigenvalue weighted by molar-refractivity contribution is 5.96. The molecule has 1 aliphatic carbocycles. The number of nitrogens with one attached hydrogen (secondary N) is 2. The van der Waals surface area contributed by atoms with Gasteiger partial charge in [0.25, 0.3) is 11.6 Å². The summed E-state index contributed by atoms with van der Waals surface area (Å²) in [6.45, 7) is 3.81. The number of nitro benzene ring substituents is 1. The molecule has 0 aliphatic heterocycles. The van der Waals surface area contributed by atoms with Gasteiger partial charge in [0.1, 0.15) is 5.69 Å². The first-order valence-electron chi connectivity index (χ1n) is 8.34. The summed E-state index contributed by atoms with van der Waals surface area (Å²) >= 11 is 0. The average Bonchev–Trinajstić information content (AvgIpc) is 3.34. The van der Waals surface area contributed by atoms with Gasteiger partial charge in [0, 0.05) is 24.2 Å². The lowest BCUT2D eigenvalue weighted by Crippen LogP contribution is -2.33. The normalized spacial score (nSPS) is 14.8. The van der Waals surface area contributed by atoms with Gasteiger partial charge >= 0.3 is 5.97 Å². The van der Waals surface area contributed by atoms with E-state index in [1.807, 2.05) is 13.8 Å². The Morgan fingerprint density at radius 2 is 2.04 bits per heavy atom. The van der Waals surface area contributed by atoms with Crippen molar-refractivity contribution in [3.8, 4) is 0 Å². The molecule has 1 aromatic rings. The van der Waals surface area contributed by atoms with Crippen molar-refractivity contribution < 1.29 is 19.6 Å². The summed E-state index contributed by atoms with van der Waals surface area (Å²) in [6.07, 6.45) is 2.40. The van der Waals surface area contributed by atoms with E-state index in [1.165, 1.54) is 18.2 Å². The van der Waals surface area contributed by atoms with E-state index >= 15 is 0 Å². The molecule has 3 N–H and O–H groups in total. The summed E-state index contributed by atoms with van der Waals surface area (Å²) in [7, 11) is 0. The first-order valence-corrected chi connectivity index (χ1v) is 8.34. The Morgan fingerprint density at radius 1 is 1.36 bits per heavy atom. The molecule has 1 amide bonds. The van der Waals surface area contributed by atoms with Crippen molar-refractivity contribution in [1.82, 2.24) is 5.32 Å². The first kappa shape index (κ1) is 18.7. The summed E-state index contributed by atoms with van der Waals surface area (Å²) < 4.78 is 0. The van der Waals surface area contributed by atoms with Crippen LogP contribution in [-0.2, 0) is 4.79 Å². The van der Waals surface area contributed by atoms with Gasteiger partial charge in [-0.25, -0.2) is 0 Å². The Hall–Kier alpha value is -2.64. The highest BCUT2D eigenvalue weighted by atomic mass is 16.6. The van der Waals surface area contributed by atoms with Crippen molar-refractivity contribution in [3.05, 3.63) is 33.9 Å². The molecule has 0 saturated heterocycles. The third kappa shape index (κ3) is 5.44. The van der Waals surface area contributed by atoms with Crippen LogP contribution in [0.25, 0.3) is 0 Å². The second-order valence-corrected chi connectivity index (χ2v) is 6.78. The smallest absolute Gasteiger partial charge is 0.308 e. The number of benzene rings is 1. The Balaban J connectivity index is 2.06. The molecule has 1 saturated carbocycles. The maximum Gasteiger partial charge on any atom is 0.308 e. The summed E-state index contributed by atoms with van der Waals surface area (Å²) in [5.74, 6) is -1.98. The second kappa shape index (κ2) is 7.96. The molecule has 0 spiro atoms. The molecule has 2 rings (SSSR count). The van der Waals surface area contributed by atoms with E-state index in [-0.39, 0.29) is 29.8 Å². The molecule has 1 fully saturated rings. The lowest BCUT2D eigenvalue weighted by atomic mass is 9.97. The van der Waals surface area contributed by atoms with Gasteiger partial charge in [-0.3, -0.25) is 19.7 Å². The number of carboxylic acids is 1. The average molecular weight is 349 g/mol. The third-order valence-electron chi connectivity index (χ3n) is 4.01. The van der Waals surface area contributed by atoms with E-state index in [0.717, 1.165) is 12.8 Å². The minimum atomic E-state index is -0.969. The lowest BCUT2D eigenvalue weighted by Gasteiger charge is -2.15. The minimum Gasteiger partial charge on any atom is -0.481 e. The van der Waals surface area contributed by atoms with E-state index < -0.39 is 22.7 Å². The van der Waals surface area contributed by atoms with Crippen LogP contribution >= 0.6 is 0 Å². The number of carboxylic acid groups (broad SMARTS) is 1. The Bertz CT molecular complexity index is 670. The summed E-state index contributed by atoms with van der Waals surface area (Å²) in [6, 6.07) is 4.50. The Labute approximate surface area is 145 Å². The number of anilines is 1. The van der Waals surface area contributed by atoms with Gasteiger partial charge < -0.3 is 15.7 Å². The summed E-state index contributed by atoms with van der Waals surface area (Å²) in [5.41, 5.74) is 0.380. The standard InChI is InChI=1S/C17H23N3O5/c1-10(2)7-12(17(22)23)9-18-16(21)11-3-6-14(19-13-4-5-13)15(8-11)20(24)25/h3,6,8,10,12-13,19H,4-5,7,9H2,1-2H3,(H,18,21)(H,22,23). The number of hydrogen-bond acceptors (Lipinski definition) is 5. The van der Waals surface area contributed by atoms with Crippen LogP contribution in [0, 0.1) is 22.0 Å². The van der Waals surface area contributed by atoms with Gasteiger partial charge in [0.05, 0.1) is 10.8 Å². The fraction of sp³-hybridized carbons (Fsp3) is 0.529. The Morgan fingerprint density at radius 3 is 2.56 bits per heavy atom. The van der Waals surface area contributed by atoms with Crippen LogP contribution in [0.2, 0.25) is 0 Å². The zero-order chi connectivity index (χ0) is 18.6. The molecule has 0 bridgehead atoms. The molecular weight excluding hydrogens is 326 g/mol. The molecule has 1 aromatic carbocycles.